The molecule has 0 fully saturated rings. The number of rotatable bonds is 12. The molecule has 0 aliphatic heterocycles. The van der Waals surface area contributed by atoms with E-state index in [0.29, 0.717) is 5.56 Å². The number of halogens is 2. The summed E-state index contributed by atoms with van der Waals surface area (Å²) in [5.74, 6) is -0.172. The molecule has 0 radical (unpaired) electrons. The number of benzene rings is 3. The van der Waals surface area contributed by atoms with E-state index in [1.54, 1.807) is 0 Å². The fraction of sp³-hybridized carbons (Fsp3) is 0.345. The van der Waals surface area contributed by atoms with Gasteiger partial charge in [0, 0.05) is 11.5 Å². The van der Waals surface area contributed by atoms with Crippen molar-refractivity contribution >= 4 is 13.7 Å². The first-order chi connectivity index (χ1) is 19.1. The molecule has 0 saturated heterocycles. The number of aliphatic hydroxyl groups excluding tert-OH is 1. The van der Waals surface area contributed by atoms with Crippen LogP contribution < -0.4 is 5.32 Å². The Labute approximate surface area is 231 Å². The van der Waals surface area contributed by atoms with Crippen molar-refractivity contribution in [2.45, 2.75) is 44.2 Å². The number of nitrogens with one attached hydrogen (secondary N) is 1. The van der Waals surface area contributed by atoms with Gasteiger partial charge >= 0.3 is 19.4 Å². The predicted octanol–water partition coefficient (Wildman–Crippen LogP) is 5.76. The number of fused-ring (bicyclic) bond motifs is 3. The predicted molar refractivity (Wildman–Crippen MR) is 145 cm³/mol. The maximum absolute atomic E-state index is 15.0. The van der Waals surface area contributed by atoms with E-state index in [4.69, 9.17) is 13.8 Å². The second-order valence-electron chi connectivity index (χ2n) is 9.27. The second-order valence-corrected chi connectivity index (χ2v) is 11.3. The Bertz CT molecular complexity index is 1310. The van der Waals surface area contributed by atoms with E-state index in [2.05, 4.69) is 5.32 Å². The minimum Gasteiger partial charge on any atom is -0.449 e. The van der Waals surface area contributed by atoms with Crippen molar-refractivity contribution in [3.05, 3.63) is 95.1 Å². The van der Waals surface area contributed by atoms with Crippen LogP contribution in [0, 0.1) is 0 Å². The first-order valence-electron chi connectivity index (χ1n) is 12.9. The Morgan fingerprint density at radius 1 is 0.925 bits per heavy atom. The molecule has 11 heteroatoms. The molecule has 1 aliphatic rings. The summed E-state index contributed by atoms with van der Waals surface area (Å²) < 4.78 is 57.8. The van der Waals surface area contributed by atoms with Crippen LogP contribution in [0.15, 0.2) is 72.8 Å². The van der Waals surface area contributed by atoms with E-state index < -0.39 is 37.2 Å². The van der Waals surface area contributed by atoms with Crippen LogP contribution >= 0.6 is 7.60 Å². The first kappa shape index (κ1) is 29.8. The zero-order chi connectivity index (χ0) is 28.9. The number of carbonyl (C=O) groups excluding carboxylic acids is 1. The van der Waals surface area contributed by atoms with Gasteiger partial charge < -0.3 is 29.3 Å². The first-order valence-corrected chi connectivity index (χ1v) is 14.5. The van der Waals surface area contributed by atoms with Crippen molar-refractivity contribution in [1.82, 2.24) is 5.32 Å². The third-order valence-corrected chi connectivity index (χ3v) is 8.85. The number of alkyl halides is 2. The third-order valence-electron chi connectivity index (χ3n) is 6.71. The van der Waals surface area contributed by atoms with Crippen molar-refractivity contribution in [3.63, 3.8) is 0 Å². The number of alkyl carbamates (subject to hydrolysis) is 1. The van der Waals surface area contributed by atoms with Gasteiger partial charge in [-0.15, -0.1) is 0 Å². The maximum Gasteiger partial charge on any atom is 0.407 e. The molecule has 4 rings (SSSR count). The van der Waals surface area contributed by atoms with Gasteiger partial charge in [0.05, 0.1) is 19.3 Å². The topological polar surface area (TPSA) is 114 Å². The standard InChI is InChI=1S/C29H32F2NO7P/c1-3-38-40(36,39-4-2)29(30,31)20-15-13-19(14-16-20)17-26(27(33)34)32-28(35)37-18-25-23-11-7-5-9-21(23)22-10-6-8-12-24(22)25/h5-16,25-27,33-34H,3-4,17-18H2,1-2H3,(H,32,35)/t26-/m0/s1. The van der Waals surface area contributed by atoms with Crippen molar-refractivity contribution in [3.8, 4) is 11.1 Å². The molecule has 8 nitrogen and oxygen atoms in total. The Morgan fingerprint density at radius 3 is 1.95 bits per heavy atom. The molecular formula is C29H32F2NO7P. The van der Waals surface area contributed by atoms with Gasteiger partial charge in [-0.2, -0.15) is 8.78 Å². The summed E-state index contributed by atoms with van der Waals surface area (Å²) in [7, 11) is -4.77. The van der Waals surface area contributed by atoms with Crippen LogP contribution in [0.3, 0.4) is 0 Å². The summed E-state index contributed by atoms with van der Waals surface area (Å²) >= 11 is 0. The lowest BCUT2D eigenvalue weighted by Gasteiger charge is -2.26. The SMILES string of the molecule is CCOP(=O)(OCC)C(F)(F)c1ccc(C[C@H](NC(=O)OCC2c3ccccc3-c3ccccc32)C(O)O)cc1. The number of ether oxygens (including phenoxy) is 1. The Kier molecular flexibility index (Phi) is 9.38. The molecule has 3 aromatic carbocycles. The van der Waals surface area contributed by atoms with Gasteiger partial charge in [-0.05, 0) is 48.1 Å². The molecule has 3 N–H and O–H groups in total. The van der Waals surface area contributed by atoms with E-state index >= 15 is 8.78 Å². The molecular weight excluding hydrogens is 543 g/mol. The lowest BCUT2D eigenvalue weighted by atomic mass is 9.98. The number of hydrogen-bond donors (Lipinski definition) is 3. The highest BCUT2D eigenvalue weighted by atomic mass is 31.2. The average Bonchev–Trinajstić information content (AvgIpc) is 3.25. The molecule has 1 aliphatic carbocycles. The fourth-order valence-corrected chi connectivity index (χ4v) is 6.36. The van der Waals surface area contributed by atoms with Crippen LogP contribution in [0.4, 0.5) is 13.6 Å². The van der Waals surface area contributed by atoms with Gasteiger partial charge in [-0.25, -0.2) is 4.79 Å². The minimum absolute atomic E-state index is 0.0393. The maximum atomic E-state index is 15.0. The third kappa shape index (κ3) is 6.11. The summed E-state index contributed by atoms with van der Waals surface area (Å²) in [5.41, 5.74) is 0.154. The van der Waals surface area contributed by atoms with Crippen LogP contribution in [-0.2, 0) is 30.4 Å². The highest BCUT2D eigenvalue weighted by Crippen LogP contribution is 2.66. The van der Waals surface area contributed by atoms with Crippen LogP contribution in [-0.4, -0.2) is 48.5 Å². The van der Waals surface area contributed by atoms with Gasteiger partial charge in [-0.3, -0.25) is 4.57 Å². The van der Waals surface area contributed by atoms with E-state index in [1.165, 1.54) is 26.0 Å². The zero-order valence-corrected chi connectivity index (χ0v) is 23.0. The van der Waals surface area contributed by atoms with Gasteiger partial charge in [0.15, 0.2) is 6.29 Å². The normalized spacial score (nSPS) is 14.1. The van der Waals surface area contributed by atoms with Crippen LogP contribution in [0.5, 0.6) is 0 Å². The van der Waals surface area contributed by atoms with Crippen molar-refractivity contribution in [1.29, 1.82) is 0 Å². The van der Waals surface area contributed by atoms with Crippen molar-refractivity contribution in [2.24, 2.45) is 0 Å². The molecule has 0 unspecified atom stereocenters. The second kappa shape index (κ2) is 12.6. The van der Waals surface area contributed by atoms with E-state index in [-0.39, 0.29) is 32.2 Å². The highest BCUT2D eigenvalue weighted by molar-refractivity contribution is 7.54. The van der Waals surface area contributed by atoms with E-state index in [1.807, 2.05) is 48.5 Å². The molecule has 0 spiro atoms. The largest absolute Gasteiger partial charge is 0.449 e. The lowest BCUT2D eigenvalue weighted by molar-refractivity contribution is -0.0659. The summed E-state index contributed by atoms with van der Waals surface area (Å²) in [6.07, 6.45) is -2.89. The van der Waals surface area contributed by atoms with Crippen molar-refractivity contribution in [2.75, 3.05) is 19.8 Å². The molecule has 1 amide bonds. The fourth-order valence-electron chi connectivity index (χ4n) is 4.82. The van der Waals surface area contributed by atoms with Crippen LogP contribution in [0.2, 0.25) is 0 Å². The molecule has 1 atom stereocenters. The summed E-state index contributed by atoms with van der Waals surface area (Å²) in [6.45, 7) is 2.48. The van der Waals surface area contributed by atoms with Crippen molar-refractivity contribution < 1.29 is 42.1 Å². The smallest absolute Gasteiger partial charge is 0.407 e. The number of aliphatic hydroxyl groups is 2. The minimum atomic E-state index is -4.77. The van der Waals surface area contributed by atoms with Gasteiger partial charge in [0.2, 0.25) is 0 Å². The quantitative estimate of drug-likeness (QED) is 0.186. The summed E-state index contributed by atoms with van der Waals surface area (Å²) in [6, 6.07) is 19.3. The molecule has 3 aromatic rings. The monoisotopic (exact) mass is 575 g/mol. The van der Waals surface area contributed by atoms with Gasteiger partial charge in [-0.1, -0.05) is 72.8 Å². The van der Waals surface area contributed by atoms with Gasteiger partial charge in [0.25, 0.3) is 0 Å². The van der Waals surface area contributed by atoms with E-state index in [0.717, 1.165) is 34.4 Å². The van der Waals surface area contributed by atoms with E-state index in [9.17, 15) is 19.6 Å². The average molecular weight is 576 g/mol. The Balaban J connectivity index is 1.41. The Hall–Kier alpha value is -3.14. The number of hydrogen-bond acceptors (Lipinski definition) is 7. The highest BCUT2D eigenvalue weighted by Gasteiger charge is 2.54. The molecule has 214 valence electrons. The molecule has 0 saturated carbocycles. The molecule has 0 heterocycles. The molecule has 0 bridgehead atoms. The van der Waals surface area contributed by atoms with Gasteiger partial charge in [0.1, 0.15) is 6.61 Å². The number of carbonyl (C=O) groups is 1. The summed E-state index contributed by atoms with van der Waals surface area (Å²) in [5, 5.41) is 22.2. The van der Waals surface area contributed by atoms with Crippen LogP contribution in [0.25, 0.3) is 11.1 Å². The Morgan fingerprint density at radius 2 is 1.45 bits per heavy atom. The van der Waals surface area contributed by atoms with Crippen LogP contribution in [0.1, 0.15) is 42.0 Å². The summed E-state index contributed by atoms with van der Waals surface area (Å²) in [4.78, 5) is 12.6. The number of amides is 1. The zero-order valence-electron chi connectivity index (χ0n) is 22.1. The molecule has 0 aromatic heterocycles. The lowest BCUT2D eigenvalue weighted by Crippen LogP contribution is -2.45. The molecule has 40 heavy (non-hydrogen) atoms.